The molecule has 1 aromatic rings. The van der Waals surface area contributed by atoms with Gasteiger partial charge in [-0.05, 0) is 6.07 Å². The predicted molar refractivity (Wildman–Crippen MR) is 49.2 cm³/mol. The molecule has 1 N–H and O–H groups in total. The molecule has 5 nitrogen and oxygen atoms in total. The van der Waals surface area contributed by atoms with Crippen molar-refractivity contribution in [2.75, 3.05) is 0 Å². The van der Waals surface area contributed by atoms with Crippen LogP contribution in [0.2, 0.25) is 0 Å². The summed E-state index contributed by atoms with van der Waals surface area (Å²) in [5.41, 5.74) is -4.75. The molecule has 1 aromatic heterocycles. The van der Waals surface area contributed by atoms with Crippen molar-refractivity contribution >= 4 is 7.32 Å². The number of alkyl halides is 12. The van der Waals surface area contributed by atoms with Gasteiger partial charge in [0, 0.05) is 0 Å². The van der Waals surface area contributed by atoms with Gasteiger partial charge in [-0.15, -0.1) is 0 Å². The molecule has 0 aliphatic heterocycles. The van der Waals surface area contributed by atoms with Crippen LogP contribution < -0.4 is 71.7 Å². The van der Waals surface area contributed by atoms with Crippen LogP contribution in [0.4, 0.5) is 52.7 Å². The van der Waals surface area contributed by atoms with Gasteiger partial charge in [0.25, 0.3) is 0 Å². The maximum absolute atomic E-state index is 13.2. The Kier molecular flexibility index (Phi) is 14.7. The molecular weight excluding hydrogens is 432 g/mol. The molecule has 1 rings (SSSR count). The zero-order valence-corrected chi connectivity index (χ0v) is 14.4. The Hall–Kier alpha value is 0.107. The minimum absolute atomic E-state index is 0. The summed E-state index contributed by atoms with van der Waals surface area (Å²) in [6, 6.07) is -0.791. The van der Waals surface area contributed by atoms with Crippen LogP contribution in [0.5, 0.6) is 0 Å². The molecular formula is C8H2BF12Li3N2O3. The molecule has 0 aromatic carbocycles. The third kappa shape index (κ3) is 8.28. The number of hydrogen-bond donors (Lipinski definition) is 1. The number of aromatic amines is 1. The van der Waals surface area contributed by atoms with Gasteiger partial charge < -0.3 is 15.1 Å². The summed E-state index contributed by atoms with van der Waals surface area (Å²) in [7, 11) is -2.92. The minimum Gasteiger partial charge on any atom is -0.907 e. The summed E-state index contributed by atoms with van der Waals surface area (Å²) in [6.07, 6.45) is -12.5. The molecule has 0 aliphatic carbocycles. The maximum Gasteiger partial charge on any atom is 1.00 e. The Bertz CT molecular complexity index is 607. The Balaban J connectivity index is -0.000000408. The summed E-state index contributed by atoms with van der Waals surface area (Å²) >= 11 is 0. The van der Waals surface area contributed by atoms with Gasteiger partial charge in [0.15, 0.2) is 5.69 Å². The summed E-state index contributed by atoms with van der Waals surface area (Å²) in [4.78, 5) is 0. The quantitative estimate of drug-likeness (QED) is 0.378. The van der Waals surface area contributed by atoms with E-state index < -0.39 is 54.9 Å². The molecule has 1 heterocycles. The van der Waals surface area contributed by atoms with Gasteiger partial charge in [0.05, 0.1) is 0 Å². The molecule has 21 heteroatoms. The summed E-state index contributed by atoms with van der Waals surface area (Å²) in [6.45, 7) is 0. The summed E-state index contributed by atoms with van der Waals surface area (Å²) in [5.74, 6) is -20.6. The Morgan fingerprint density at radius 3 is 1.31 bits per heavy atom. The van der Waals surface area contributed by atoms with E-state index >= 15 is 0 Å². The first-order valence-corrected chi connectivity index (χ1v) is 5.50. The van der Waals surface area contributed by atoms with E-state index in [4.69, 9.17) is 15.1 Å². The smallest absolute Gasteiger partial charge is 0.907 e. The van der Waals surface area contributed by atoms with E-state index in [0.29, 0.717) is 5.10 Å². The first-order chi connectivity index (χ1) is 11.2. The Morgan fingerprint density at radius 1 is 0.724 bits per heavy atom. The van der Waals surface area contributed by atoms with Gasteiger partial charge in [0.2, 0.25) is 0 Å². The van der Waals surface area contributed by atoms with Crippen LogP contribution in [-0.2, 0) is 12.1 Å². The number of rotatable bonds is 3. The molecule has 0 bridgehead atoms. The van der Waals surface area contributed by atoms with Gasteiger partial charge in [-0.2, -0.15) is 57.8 Å². The summed E-state index contributed by atoms with van der Waals surface area (Å²) in [5, 5.41) is 28.1. The van der Waals surface area contributed by atoms with Crippen molar-refractivity contribution in [1.82, 2.24) is 10.2 Å². The third-order valence-electron chi connectivity index (χ3n) is 2.35. The van der Waals surface area contributed by atoms with E-state index in [1.54, 1.807) is 0 Å². The van der Waals surface area contributed by atoms with Crippen molar-refractivity contribution in [1.29, 1.82) is 0 Å². The number of hydrogen-bond acceptors (Lipinski definition) is 4. The van der Waals surface area contributed by atoms with E-state index in [9.17, 15) is 52.7 Å². The molecule has 0 aliphatic rings. The van der Waals surface area contributed by atoms with Crippen LogP contribution in [-0.4, -0.2) is 35.5 Å². The average Bonchev–Trinajstić information content (AvgIpc) is 2.85. The van der Waals surface area contributed by atoms with Crippen molar-refractivity contribution < 1.29 is 124 Å². The van der Waals surface area contributed by atoms with Crippen molar-refractivity contribution in [2.45, 2.75) is 30.1 Å². The van der Waals surface area contributed by atoms with Crippen molar-refractivity contribution in [3.63, 3.8) is 0 Å². The van der Waals surface area contributed by atoms with Crippen LogP contribution in [0.3, 0.4) is 0 Å². The number of H-pyrrole nitrogens is 1. The van der Waals surface area contributed by atoms with Crippen molar-refractivity contribution in [3.05, 3.63) is 17.5 Å². The van der Waals surface area contributed by atoms with Crippen molar-refractivity contribution in [3.8, 4) is 0 Å². The van der Waals surface area contributed by atoms with Gasteiger partial charge in [-0.25, -0.2) is 0 Å². The minimum atomic E-state index is -7.20. The number of halogens is 12. The SMILES string of the molecule is FC(F)(F)c1cc(C(F)(F)C(F)(F)C(F)(F)C(F)(F)F)[nH]n1.[Li+].[Li+].[Li+].[O-]B([O-])[O-]. The fraction of sp³-hybridized carbons (Fsp3) is 0.625. The van der Waals surface area contributed by atoms with E-state index in [2.05, 4.69) is 5.10 Å². The molecule has 0 atom stereocenters. The fourth-order valence-electron chi connectivity index (χ4n) is 1.17. The predicted octanol–water partition coefficient (Wildman–Crippen LogP) is -8.58. The zero-order valence-electron chi connectivity index (χ0n) is 14.4. The van der Waals surface area contributed by atoms with Crippen LogP contribution >= 0.6 is 0 Å². The van der Waals surface area contributed by atoms with Gasteiger partial charge >= 0.3 is 86.7 Å². The first kappa shape index (κ1) is 36.5. The molecule has 0 fully saturated rings. The summed E-state index contributed by atoms with van der Waals surface area (Å²) < 4.78 is 149. The van der Waals surface area contributed by atoms with E-state index in [1.165, 1.54) is 0 Å². The monoisotopic (exact) mass is 434 g/mol. The van der Waals surface area contributed by atoms with Crippen LogP contribution in [0.1, 0.15) is 11.4 Å². The van der Waals surface area contributed by atoms with E-state index in [1.807, 2.05) is 0 Å². The van der Waals surface area contributed by atoms with Gasteiger partial charge in [-0.3, -0.25) is 12.4 Å². The number of aromatic nitrogens is 2. The molecule has 0 amide bonds. The molecule has 0 spiro atoms. The maximum atomic E-state index is 13.2. The molecule has 0 saturated carbocycles. The molecule has 29 heavy (non-hydrogen) atoms. The second-order valence-corrected chi connectivity index (χ2v) is 4.17. The molecule has 0 unspecified atom stereocenters. The fourth-order valence-corrected chi connectivity index (χ4v) is 1.17. The van der Waals surface area contributed by atoms with Crippen LogP contribution in [0, 0.1) is 0 Å². The first-order valence-electron chi connectivity index (χ1n) is 5.50. The average molecular weight is 434 g/mol. The molecule has 0 saturated heterocycles. The second kappa shape index (κ2) is 11.6. The van der Waals surface area contributed by atoms with Gasteiger partial charge in [-0.1, -0.05) is 0 Å². The van der Waals surface area contributed by atoms with Crippen LogP contribution in [0.15, 0.2) is 6.07 Å². The van der Waals surface area contributed by atoms with Crippen molar-refractivity contribution in [2.24, 2.45) is 0 Å². The molecule has 152 valence electrons. The third-order valence-corrected chi connectivity index (χ3v) is 2.35. The van der Waals surface area contributed by atoms with E-state index in [0.717, 1.165) is 0 Å². The normalized spacial score (nSPS) is 12.5. The standard InChI is InChI=1S/C8H2F12N2.BO3.3Li/c9-4(10,2-1-3(22-21-2)5(11,12)13)6(14,15)7(16,17)8(18,19)20;2-1(3)4;;;/h1H,(H,21,22);;;;/q;-3;3*+1. The Morgan fingerprint density at radius 2 is 1.07 bits per heavy atom. The zero-order chi connectivity index (χ0) is 21.4. The van der Waals surface area contributed by atoms with Gasteiger partial charge in [0.1, 0.15) is 5.69 Å². The largest absolute Gasteiger partial charge is 1.00 e. The second-order valence-electron chi connectivity index (χ2n) is 4.17. The Labute approximate surface area is 189 Å². The van der Waals surface area contributed by atoms with Crippen LogP contribution in [0.25, 0.3) is 0 Å². The molecule has 0 radical (unpaired) electrons. The topological polar surface area (TPSA) is 97.9 Å². The number of nitrogens with zero attached hydrogens (tertiary/aromatic N) is 1. The number of nitrogens with one attached hydrogen (secondary N) is 1. The van der Waals surface area contributed by atoms with E-state index in [-0.39, 0.29) is 56.6 Å².